The first-order chi connectivity index (χ1) is 10.3. The van der Waals surface area contributed by atoms with E-state index in [0.29, 0.717) is 12.0 Å². The van der Waals surface area contributed by atoms with Crippen LogP contribution < -0.4 is 5.32 Å². The van der Waals surface area contributed by atoms with E-state index in [0.717, 1.165) is 31.2 Å². The Kier molecular flexibility index (Phi) is 3.46. The fourth-order valence-electron chi connectivity index (χ4n) is 3.74. The average Bonchev–Trinajstić information content (AvgIpc) is 2.54. The zero-order chi connectivity index (χ0) is 14.2. The Morgan fingerprint density at radius 2 is 1.90 bits per heavy atom. The third-order valence-corrected chi connectivity index (χ3v) is 4.99. The molecule has 1 N–H and O–H groups in total. The molecule has 2 aliphatic heterocycles. The lowest BCUT2D eigenvalue weighted by Crippen LogP contribution is -2.50. The molecule has 0 aliphatic carbocycles. The van der Waals surface area contributed by atoms with Gasteiger partial charge in [0.25, 0.3) is 0 Å². The summed E-state index contributed by atoms with van der Waals surface area (Å²) < 4.78 is 0. The summed E-state index contributed by atoms with van der Waals surface area (Å²) >= 11 is 6.20. The third-order valence-electron chi connectivity index (χ3n) is 4.75. The Bertz CT molecular complexity index is 655. The van der Waals surface area contributed by atoms with Gasteiger partial charge in [-0.2, -0.15) is 0 Å². The maximum Gasteiger partial charge on any atom is 0.0476 e. The highest BCUT2D eigenvalue weighted by Gasteiger charge is 2.34. The number of nitrogens with one attached hydrogen (secondary N) is 1. The van der Waals surface area contributed by atoms with Crippen LogP contribution in [0.3, 0.4) is 0 Å². The standard InChI is InChI=1S/C18H19ClN2/c19-14-5-3-4-13(10-14)17-12-21-9-8-20-11-18(21)16-7-2-1-6-15(16)17/h1-7,10,17-18,20H,8-9,11-12H2/t17-,18+/m1/s1. The second kappa shape index (κ2) is 5.45. The van der Waals surface area contributed by atoms with E-state index < -0.39 is 0 Å². The highest BCUT2D eigenvalue weighted by atomic mass is 35.5. The van der Waals surface area contributed by atoms with Crippen molar-refractivity contribution in [2.45, 2.75) is 12.0 Å². The number of hydrogen-bond acceptors (Lipinski definition) is 2. The summed E-state index contributed by atoms with van der Waals surface area (Å²) in [6.45, 7) is 4.35. The molecule has 2 aromatic rings. The molecular weight excluding hydrogens is 280 g/mol. The monoisotopic (exact) mass is 298 g/mol. The zero-order valence-corrected chi connectivity index (χ0v) is 12.7. The van der Waals surface area contributed by atoms with Gasteiger partial charge >= 0.3 is 0 Å². The molecule has 1 fully saturated rings. The summed E-state index contributed by atoms with van der Waals surface area (Å²) in [5, 5.41) is 4.35. The Labute approximate surface area is 130 Å². The number of halogens is 1. The molecule has 0 unspecified atom stereocenters. The second-order valence-electron chi connectivity index (χ2n) is 5.95. The van der Waals surface area contributed by atoms with Crippen molar-refractivity contribution in [3.63, 3.8) is 0 Å². The van der Waals surface area contributed by atoms with Crippen LogP contribution in [0.1, 0.15) is 28.7 Å². The Morgan fingerprint density at radius 1 is 1.05 bits per heavy atom. The van der Waals surface area contributed by atoms with Gasteiger partial charge in [0, 0.05) is 43.2 Å². The summed E-state index contributed by atoms with van der Waals surface area (Å²) in [7, 11) is 0. The molecule has 0 spiro atoms. The molecule has 0 saturated carbocycles. The highest BCUT2D eigenvalue weighted by molar-refractivity contribution is 6.30. The van der Waals surface area contributed by atoms with Gasteiger partial charge in [0.05, 0.1) is 0 Å². The summed E-state index contributed by atoms with van der Waals surface area (Å²) in [5.74, 6) is 0.425. The van der Waals surface area contributed by atoms with Crippen LogP contribution in [0.2, 0.25) is 5.02 Å². The van der Waals surface area contributed by atoms with Gasteiger partial charge in [0.2, 0.25) is 0 Å². The van der Waals surface area contributed by atoms with Crippen LogP contribution in [-0.2, 0) is 0 Å². The van der Waals surface area contributed by atoms with Gasteiger partial charge in [-0.15, -0.1) is 0 Å². The Morgan fingerprint density at radius 3 is 2.76 bits per heavy atom. The largest absolute Gasteiger partial charge is 0.314 e. The number of piperazine rings is 1. The average molecular weight is 299 g/mol. The van der Waals surface area contributed by atoms with Crippen molar-refractivity contribution in [1.82, 2.24) is 10.2 Å². The van der Waals surface area contributed by atoms with E-state index >= 15 is 0 Å². The van der Waals surface area contributed by atoms with Crippen LogP contribution in [0.15, 0.2) is 48.5 Å². The van der Waals surface area contributed by atoms with Crippen LogP contribution in [0.5, 0.6) is 0 Å². The lowest BCUT2D eigenvalue weighted by atomic mass is 9.81. The molecule has 2 heterocycles. The summed E-state index contributed by atoms with van der Waals surface area (Å²) in [6, 6.07) is 17.7. The van der Waals surface area contributed by atoms with Crippen molar-refractivity contribution in [1.29, 1.82) is 0 Å². The van der Waals surface area contributed by atoms with Crippen LogP contribution in [0, 0.1) is 0 Å². The molecule has 1 saturated heterocycles. The van der Waals surface area contributed by atoms with Crippen LogP contribution in [0.4, 0.5) is 0 Å². The Balaban J connectivity index is 1.81. The fourth-order valence-corrected chi connectivity index (χ4v) is 3.94. The van der Waals surface area contributed by atoms with Gasteiger partial charge in [-0.1, -0.05) is 48.0 Å². The topological polar surface area (TPSA) is 15.3 Å². The number of fused-ring (bicyclic) bond motifs is 3. The molecule has 4 rings (SSSR count). The van der Waals surface area contributed by atoms with E-state index in [1.165, 1.54) is 16.7 Å². The van der Waals surface area contributed by atoms with E-state index in [2.05, 4.69) is 52.7 Å². The molecule has 2 aliphatic rings. The van der Waals surface area contributed by atoms with Gasteiger partial charge in [-0.05, 0) is 28.8 Å². The molecule has 2 atom stereocenters. The van der Waals surface area contributed by atoms with Crippen molar-refractivity contribution < 1.29 is 0 Å². The molecule has 0 bridgehead atoms. The van der Waals surface area contributed by atoms with E-state index in [1.54, 1.807) is 0 Å². The second-order valence-corrected chi connectivity index (χ2v) is 6.39. The molecule has 0 amide bonds. The van der Waals surface area contributed by atoms with E-state index in [1.807, 2.05) is 6.07 Å². The maximum atomic E-state index is 6.20. The molecule has 2 nitrogen and oxygen atoms in total. The summed E-state index contributed by atoms with van der Waals surface area (Å²) in [5.41, 5.74) is 4.26. The highest BCUT2D eigenvalue weighted by Crippen LogP contribution is 2.40. The lowest BCUT2D eigenvalue weighted by molar-refractivity contribution is 0.143. The first-order valence-electron chi connectivity index (χ1n) is 7.62. The fraction of sp³-hybridized carbons (Fsp3) is 0.333. The summed E-state index contributed by atoms with van der Waals surface area (Å²) in [4.78, 5) is 2.62. The minimum Gasteiger partial charge on any atom is -0.314 e. The first-order valence-corrected chi connectivity index (χ1v) is 8.00. The number of benzene rings is 2. The van der Waals surface area contributed by atoms with Gasteiger partial charge in [0.1, 0.15) is 0 Å². The van der Waals surface area contributed by atoms with Crippen molar-refractivity contribution in [3.8, 4) is 0 Å². The molecular formula is C18H19ClN2. The third kappa shape index (κ3) is 2.38. The molecule has 2 aromatic carbocycles. The molecule has 3 heteroatoms. The normalized spacial score (nSPS) is 25.2. The first kappa shape index (κ1) is 13.3. The van der Waals surface area contributed by atoms with Gasteiger partial charge in [-0.3, -0.25) is 4.90 Å². The SMILES string of the molecule is Clc1cccc([C@H]2CN3CCNC[C@H]3c3ccccc32)c1. The summed E-state index contributed by atoms with van der Waals surface area (Å²) in [6.07, 6.45) is 0. The number of hydrogen-bond donors (Lipinski definition) is 1. The number of nitrogens with zero attached hydrogens (tertiary/aromatic N) is 1. The molecule has 0 aromatic heterocycles. The smallest absolute Gasteiger partial charge is 0.0476 e. The Hall–Kier alpha value is -1.35. The van der Waals surface area contributed by atoms with Gasteiger partial charge in [0.15, 0.2) is 0 Å². The van der Waals surface area contributed by atoms with E-state index in [4.69, 9.17) is 11.6 Å². The minimum atomic E-state index is 0.425. The van der Waals surface area contributed by atoms with E-state index in [9.17, 15) is 0 Å². The van der Waals surface area contributed by atoms with Crippen LogP contribution in [-0.4, -0.2) is 31.1 Å². The van der Waals surface area contributed by atoms with Gasteiger partial charge < -0.3 is 5.32 Å². The van der Waals surface area contributed by atoms with Crippen molar-refractivity contribution in [3.05, 3.63) is 70.2 Å². The predicted octanol–water partition coefficient (Wildman–Crippen LogP) is 3.43. The van der Waals surface area contributed by atoms with Crippen molar-refractivity contribution >= 4 is 11.6 Å². The molecule has 21 heavy (non-hydrogen) atoms. The number of rotatable bonds is 1. The molecule has 0 radical (unpaired) electrons. The van der Waals surface area contributed by atoms with Crippen LogP contribution >= 0.6 is 11.6 Å². The maximum absolute atomic E-state index is 6.20. The zero-order valence-electron chi connectivity index (χ0n) is 11.9. The predicted molar refractivity (Wildman–Crippen MR) is 86.9 cm³/mol. The van der Waals surface area contributed by atoms with Crippen LogP contribution in [0.25, 0.3) is 0 Å². The van der Waals surface area contributed by atoms with E-state index in [-0.39, 0.29) is 0 Å². The van der Waals surface area contributed by atoms with Gasteiger partial charge in [-0.25, -0.2) is 0 Å². The minimum absolute atomic E-state index is 0.425. The van der Waals surface area contributed by atoms with Crippen molar-refractivity contribution in [2.24, 2.45) is 0 Å². The molecule has 108 valence electrons. The van der Waals surface area contributed by atoms with Crippen molar-refractivity contribution in [2.75, 3.05) is 26.2 Å². The quantitative estimate of drug-likeness (QED) is 0.868. The lowest BCUT2D eigenvalue weighted by Gasteiger charge is -2.44.